The van der Waals surface area contributed by atoms with Crippen molar-refractivity contribution < 1.29 is 9.53 Å². The van der Waals surface area contributed by atoms with Crippen LogP contribution in [0.4, 0.5) is 0 Å². The fourth-order valence-corrected chi connectivity index (χ4v) is 0.926. The van der Waals surface area contributed by atoms with Gasteiger partial charge < -0.3 is 4.74 Å². The van der Waals surface area contributed by atoms with E-state index in [9.17, 15) is 4.79 Å². The highest BCUT2D eigenvalue weighted by Gasteiger charge is 1.99. The molecule has 0 aromatic carbocycles. The summed E-state index contributed by atoms with van der Waals surface area (Å²) in [6, 6.07) is 0. The highest BCUT2D eigenvalue weighted by atomic mass is 16.5. The van der Waals surface area contributed by atoms with Gasteiger partial charge in [0.2, 0.25) is 0 Å². The molecule has 0 aliphatic rings. The van der Waals surface area contributed by atoms with Crippen molar-refractivity contribution in [2.24, 2.45) is 0 Å². The molecule has 0 amide bonds. The van der Waals surface area contributed by atoms with Crippen molar-refractivity contribution in [1.29, 1.82) is 0 Å². The molecule has 68 valence electrons. The second-order valence-corrected chi connectivity index (χ2v) is 2.69. The van der Waals surface area contributed by atoms with E-state index >= 15 is 0 Å². The van der Waals surface area contributed by atoms with Gasteiger partial charge in [0.1, 0.15) is 5.78 Å². The summed E-state index contributed by atoms with van der Waals surface area (Å²) in [5, 5.41) is 0. The molecule has 0 heterocycles. The summed E-state index contributed by atoms with van der Waals surface area (Å²) in [5.74, 6) is 2.81. The van der Waals surface area contributed by atoms with Crippen molar-refractivity contribution in [3.63, 3.8) is 0 Å². The van der Waals surface area contributed by atoms with Gasteiger partial charge in [-0.2, -0.15) is 0 Å². The second-order valence-electron chi connectivity index (χ2n) is 2.69. The van der Waals surface area contributed by atoms with Crippen LogP contribution in [0.1, 0.15) is 32.1 Å². The predicted molar refractivity (Wildman–Crippen MR) is 48.8 cm³/mol. The van der Waals surface area contributed by atoms with Crippen molar-refractivity contribution in [3.05, 3.63) is 0 Å². The van der Waals surface area contributed by atoms with Gasteiger partial charge in [0, 0.05) is 33.0 Å². The number of Topliss-reactive ketones (excluding diaryl/α,β-unsaturated/α-hetero) is 1. The molecule has 0 saturated heterocycles. The van der Waals surface area contributed by atoms with Crippen LogP contribution < -0.4 is 0 Å². The zero-order valence-corrected chi connectivity index (χ0v) is 7.64. The Bertz CT molecular complexity index is 156. The fourth-order valence-electron chi connectivity index (χ4n) is 0.926. The summed E-state index contributed by atoms with van der Waals surface area (Å²) in [5.41, 5.74) is 0. The van der Waals surface area contributed by atoms with Gasteiger partial charge in [-0.25, -0.2) is 0 Å². The molecule has 0 N–H and O–H groups in total. The average molecular weight is 168 g/mol. The van der Waals surface area contributed by atoms with Crippen LogP contribution in [0.15, 0.2) is 0 Å². The number of carbonyl (C=O) groups excluding carboxylic acids is 1. The first kappa shape index (κ1) is 11.2. The highest BCUT2D eigenvalue weighted by molar-refractivity contribution is 5.78. The minimum atomic E-state index is 0.294. The lowest BCUT2D eigenvalue weighted by molar-refractivity contribution is -0.119. The number of ketones is 1. The van der Waals surface area contributed by atoms with E-state index in [1.165, 1.54) is 0 Å². The predicted octanol–water partition coefficient (Wildman–Crippen LogP) is 1.79. The molecular formula is C10H16O2. The topological polar surface area (TPSA) is 26.3 Å². The molecule has 0 aliphatic heterocycles. The van der Waals surface area contributed by atoms with Gasteiger partial charge >= 0.3 is 0 Å². The summed E-state index contributed by atoms with van der Waals surface area (Å²) < 4.78 is 4.83. The summed E-state index contributed by atoms with van der Waals surface area (Å²) >= 11 is 0. The van der Waals surface area contributed by atoms with Crippen molar-refractivity contribution in [1.82, 2.24) is 0 Å². The summed E-state index contributed by atoms with van der Waals surface area (Å²) in [6.45, 7) is 0.668. The highest BCUT2D eigenvalue weighted by Crippen LogP contribution is 2.00. The summed E-state index contributed by atoms with van der Waals surface area (Å²) in [4.78, 5) is 11.1. The molecule has 0 saturated carbocycles. The number of methoxy groups -OCH3 is 1. The van der Waals surface area contributed by atoms with Crippen LogP contribution in [-0.4, -0.2) is 19.5 Å². The van der Waals surface area contributed by atoms with Crippen LogP contribution in [-0.2, 0) is 9.53 Å². The molecule has 0 unspecified atom stereocenters. The average Bonchev–Trinajstić information content (AvgIpc) is 2.06. The molecule has 0 aliphatic carbocycles. The van der Waals surface area contributed by atoms with Gasteiger partial charge in [0.15, 0.2) is 0 Å². The molecule has 0 aromatic heterocycles. The Labute approximate surface area is 74.3 Å². The first-order chi connectivity index (χ1) is 5.81. The lowest BCUT2D eigenvalue weighted by Gasteiger charge is -1.98. The molecular weight excluding hydrogens is 152 g/mol. The van der Waals surface area contributed by atoms with E-state index in [0.29, 0.717) is 31.7 Å². The molecule has 0 bridgehead atoms. The lowest BCUT2D eigenvalue weighted by atomic mass is 10.1. The van der Waals surface area contributed by atoms with Crippen LogP contribution >= 0.6 is 0 Å². The van der Waals surface area contributed by atoms with Gasteiger partial charge in [-0.15, -0.1) is 12.3 Å². The first-order valence-corrected chi connectivity index (χ1v) is 4.25. The molecule has 2 nitrogen and oxygen atoms in total. The first-order valence-electron chi connectivity index (χ1n) is 4.25. The Morgan fingerprint density at radius 3 is 2.67 bits per heavy atom. The Balaban J connectivity index is 3.17. The van der Waals surface area contributed by atoms with E-state index in [2.05, 4.69) is 5.92 Å². The van der Waals surface area contributed by atoms with Crippen molar-refractivity contribution in [2.75, 3.05) is 13.7 Å². The minimum Gasteiger partial charge on any atom is -0.385 e. The second kappa shape index (κ2) is 8.29. The van der Waals surface area contributed by atoms with Gasteiger partial charge in [-0.3, -0.25) is 4.79 Å². The van der Waals surface area contributed by atoms with E-state index in [1.807, 2.05) is 0 Å². The van der Waals surface area contributed by atoms with E-state index in [1.54, 1.807) is 7.11 Å². The van der Waals surface area contributed by atoms with Crippen molar-refractivity contribution in [2.45, 2.75) is 32.1 Å². The van der Waals surface area contributed by atoms with Crippen LogP contribution in [0.25, 0.3) is 0 Å². The van der Waals surface area contributed by atoms with E-state index in [0.717, 1.165) is 12.8 Å². The third kappa shape index (κ3) is 7.30. The normalized spacial score (nSPS) is 9.33. The monoisotopic (exact) mass is 168 g/mol. The SMILES string of the molecule is C#CCCCC(=O)CCCOC. The third-order valence-corrected chi connectivity index (χ3v) is 1.58. The molecule has 0 spiro atoms. The maximum Gasteiger partial charge on any atom is 0.133 e. The van der Waals surface area contributed by atoms with Gasteiger partial charge in [-0.05, 0) is 12.8 Å². The molecule has 12 heavy (non-hydrogen) atoms. The van der Waals surface area contributed by atoms with Crippen LogP contribution in [0.3, 0.4) is 0 Å². The lowest BCUT2D eigenvalue weighted by Crippen LogP contribution is -1.99. The zero-order valence-electron chi connectivity index (χ0n) is 7.64. The molecule has 0 radical (unpaired) electrons. The molecule has 0 aromatic rings. The van der Waals surface area contributed by atoms with Crippen LogP contribution in [0, 0.1) is 12.3 Å². The number of ether oxygens (including phenoxy) is 1. The van der Waals surface area contributed by atoms with Crippen molar-refractivity contribution >= 4 is 5.78 Å². The third-order valence-electron chi connectivity index (χ3n) is 1.58. The largest absolute Gasteiger partial charge is 0.385 e. The van der Waals surface area contributed by atoms with Crippen LogP contribution in [0.2, 0.25) is 0 Å². The molecule has 0 fully saturated rings. The van der Waals surface area contributed by atoms with Gasteiger partial charge in [0.25, 0.3) is 0 Å². The number of hydrogen-bond acceptors (Lipinski definition) is 2. The number of carbonyl (C=O) groups is 1. The van der Waals surface area contributed by atoms with Crippen LogP contribution in [0.5, 0.6) is 0 Å². The maximum absolute atomic E-state index is 11.1. The van der Waals surface area contributed by atoms with E-state index in [-0.39, 0.29) is 0 Å². The number of hydrogen-bond donors (Lipinski definition) is 0. The summed E-state index contributed by atoms with van der Waals surface area (Å²) in [7, 11) is 1.64. The maximum atomic E-state index is 11.1. The molecule has 2 heteroatoms. The van der Waals surface area contributed by atoms with Gasteiger partial charge in [0.05, 0.1) is 0 Å². The Morgan fingerprint density at radius 2 is 2.08 bits per heavy atom. The summed E-state index contributed by atoms with van der Waals surface area (Å²) in [6.07, 6.45) is 8.65. The molecule has 0 atom stereocenters. The molecule has 0 rings (SSSR count). The Kier molecular flexibility index (Phi) is 7.73. The zero-order chi connectivity index (χ0) is 9.23. The Hall–Kier alpha value is -0.810. The Morgan fingerprint density at radius 1 is 1.42 bits per heavy atom. The standard InChI is InChI=1S/C10H16O2/c1-3-4-5-7-10(11)8-6-9-12-2/h1H,4-9H2,2H3. The number of terminal acetylenes is 1. The number of rotatable bonds is 7. The van der Waals surface area contributed by atoms with E-state index < -0.39 is 0 Å². The smallest absolute Gasteiger partial charge is 0.133 e. The fraction of sp³-hybridized carbons (Fsp3) is 0.700. The minimum absolute atomic E-state index is 0.294. The quantitative estimate of drug-likeness (QED) is 0.428. The van der Waals surface area contributed by atoms with Gasteiger partial charge in [-0.1, -0.05) is 0 Å². The van der Waals surface area contributed by atoms with E-state index in [4.69, 9.17) is 11.2 Å². The van der Waals surface area contributed by atoms with Crippen molar-refractivity contribution in [3.8, 4) is 12.3 Å². The number of unbranched alkanes of at least 4 members (excludes halogenated alkanes) is 1.